The van der Waals surface area contributed by atoms with Gasteiger partial charge in [-0.25, -0.2) is 0 Å². The SMILES string of the molecule is C[Si](C)(C)C1=CC[C]([Lu+][C]2=C([Si](C)(C)C)C([Si](C)(C)C)=CC2)=C1[Si](C)(C)C.[H-]. The van der Waals surface area contributed by atoms with Crippen LogP contribution in [-0.4, -0.2) is 32.3 Å². The van der Waals surface area contributed by atoms with E-state index in [9.17, 15) is 0 Å². The van der Waals surface area contributed by atoms with Crippen LogP contribution in [0.15, 0.2) is 36.5 Å². The van der Waals surface area contributed by atoms with Crippen molar-refractivity contribution in [3.8, 4) is 0 Å². The van der Waals surface area contributed by atoms with Crippen molar-refractivity contribution in [1.82, 2.24) is 0 Å². The maximum atomic E-state index is 2.64. The molecule has 0 atom stereocenters. The normalized spacial score (nSPS) is 20.0. The van der Waals surface area contributed by atoms with Crippen LogP contribution in [-0.2, 0) is 0 Å². The Labute approximate surface area is 193 Å². The molecule has 0 fully saturated rings. The summed E-state index contributed by atoms with van der Waals surface area (Å²) in [6.07, 6.45) is 7.77. The Morgan fingerprint density at radius 2 is 0.852 bits per heavy atom. The Hall–Kier alpha value is 1.06. The van der Waals surface area contributed by atoms with Gasteiger partial charge in [-0.05, 0) is 0 Å². The van der Waals surface area contributed by atoms with Gasteiger partial charge in [0.25, 0.3) is 0 Å². The molecule has 2 aliphatic carbocycles. The van der Waals surface area contributed by atoms with Crippen LogP contribution in [0.2, 0.25) is 78.6 Å². The Morgan fingerprint density at radius 3 is 1.07 bits per heavy atom. The predicted octanol–water partition coefficient (Wildman–Crippen LogP) is 7.86. The molecule has 0 saturated heterocycles. The molecule has 0 radical (unpaired) electrons. The Bertz CT molecular complexity index is 681. The molecule has 0 N–H and O–H groups in total. The second-order valence-electron chi connectivity index (χ2n) is 12.1. The fourth-order valence-electron chi connectivity index (χ4n) is 4.13. The maximum absolute atomic E-state index is 2.64. The molecule has 0 unspecified atom stereocenters. The first kappa shape index (κ1) is 24.3. The number of hydrogen-bond acceptors (Lipinski definition) is 0. The van der Waals surface area contributed by atoms with Crippen LogP contribution in [0.4, 0.5) is 0 Å². The van der Waals surface area contributed by atoms with Gasteiger partial charge in [-0.3, -0.25) is 0 Å². The number of rotatable bonds is 6. The Balaban J connectivity index is 0.00000392. The zero-order valence-electron chi connectivity index (χ0n) is 20.8. The summed E-state index contributed by atoms with van der Waals surface area (Å²) in [6, 6.07) is 0. The summed E-state index contributed by atoms with van der Waals surface area (Å²) in [4.78, 5) is 0. The van der Waals surface area contributed by atoms with Gasteiger partial charge in [0.2, 0.25) is 0 Å². The molecule has 2 rings (SSSR count). The molecule has 0 bridgehead atoms. The van der Waals surface area contributed by atoms with E-state index in [1.54, 1.807) is 10.4 Å². The van der Waals surface area contributed by atoms with E-state index in [2.05, 4.69) is 90.7 Å². The molecule has 162 valence electrons. The molecule has 0 nitrogen and oxygen atoms in total. The zero-order chi connectivity index (χ0) is 21.0. The Morgan fingerprint density at radius 1 is 0.556 bits per heavy atom. The van der Waals surface area contributed by atoms with Gasteiger partial charge in [-0.15, -0.1) is 0 Å². The zero-order valence-corrected chi connectivity index (χ0v) is 25.5. The van der Waals surface area contributed by atoms with Gasteiger partial charge in [0.1, 0.15) is 0 Å². The first-order valence-electron chi connectivity index (χ1n) is 10.4. The van der Waals surface area contributed by atoms with E-state index in [1.807, 2.05) is 14.0 Å². The molecule has 0 aromatic carbocycles. The van der Waals surface area contributed by atoms with Crippen LogP contribution < -0.4 is 0 Å². The van der Waals surface area contributed by atoms with Gasteiger partial charge >= 0.3 is 193 Å². The largest absolute Gasteiger partial charge is 1.00 e. The van der Waals surface area contributed by atoms with E-state index in [-0.39, 0.29) is 1.43 Å². The molecule has 0 spiro atoms. The maximum Gasteiger partial charge on any atom is -1.00 e. The standard InChI is InChI=1S/2C11H21Si2.Lu.H/c2*1-12(2,3)10-8-7-9-11(10)13(4,5)6;;/h2*8H,7H2,1-6H3;;/q;;+1;-1. The van der Waals surface area contributed by atoms with Gasteiger partial charge in [-0.1, -0.05) is 0 Å². The molecule has 0 aromatic rings. The molecule has 5 heteroatoms. The van der Waals surface area contributed by atoms with Crippen molar-refractivity contribution in [2.24, 2.45) is 0 Å². The summed E-state index contributed by atoms with van der Waals surface area (Å²) in [5, 5.41) is 7.35. The minimum Gasteiger partial charge on any atom is -1.00 e. The van der Waals surface area contributed by atoms with Crippen molar-refractivity contribution >= 4 is 32.3 Å². The van der Waals surface area contributed by atoms with Crippen molar-refractivity contribution in [2.75, 3.05) is 0 Å². The number of hydrogen-bond donors (Lipinski definition) is 0. The van der Waals surface area contributed by atoms with Crippen LogP contribution in [0.5, 0.6) is 0 Å². The summed E-state index contributed by atoms with van der Waals surface area (Å²) in [6.45, 7) is 30.7. The van der Waals surface area contributed by atoms with Crippen molar-refractivity contribution in [2.45, 2.75) is 91.4 Å². The fraction of sp³-hybridized carbons (Fsp3) is 0.636. The summed E-state index contributed by atoms with van der Waals surface area (Å²) in [7, 11) is -5.15. The second kappa shape index (κ2) is 7.96. The molecule has 0 heterocycles. The average Bonchev–Trinajstić information content (AvgIpc) is 3.00. The molecular formula is C22H43LuSi4. The topological polar surface area (TPSA) is 0 Å². The first-order chi connectivity index (χ1) is 11.9. The van der Waals surface area contributed by atoms with Crippen LogP contribution >= 0.6 is 0 Å². The monoisotopic (exact) mass is 594 g/mol. The van der Waals surface area contributed by atoms with Gasteiger partial charge in [-0.2, -0.15) is 0 Å². The van der Waals surface area contributed by atoms with Gasteiger partial charge < -0.3 is 1.43 Å². The van der Waals surface area contributed by atoms with Gasteiger partial charge in [0.05, 0.1) is 0 Å². The third-order valence-corrected chi connectivity index (χ3v) is 17.2. The molecule has 2 aliphatic rings. The van der Waals surface area contributed by atoms with Crippen molar-refractivity contribution in [1.29, 1.82) is 0 Å². The van der Waals surface area contributed by atoms with Gasteiger partial charge in [0.15, 0.2) is 0 Å². The first-order valence-corrected chi connectivity index (χ1v) is 26.0. The van der Waals surface area contributed by atoms with Crippen LogP contribution in [0.1, 0.15) is 14.3 Å². The minimum absolute atomic E-state index is 0. The van der Waals surface area contributed by atoms with E-state index in [1.165, 1.54) is 12.8 Å². The predicted molar refractivity (Wildman–Crippen MR) is 134 cm³/mol. The third-order valence-electron chi connectivity index (χ3n) is 5.22. The third kappa shape index (κ3) is 5.61. The van der Waals surface area contributed by atoms with E-state index >= 15 is 0 Å². The van der Waals surface area contributed by atoms with Crippen LogP contribution in [0.25, 0.3) is 0 Å². The summed E-state index contributed by atoms with van der Waals surface area (Å²) < 4.78 is 3.67. The quantitative estimate of drug-likeness (QED) is 0.275. The van der Waals surface area contributed by atoms with E-state index in [0.717, 1.165) is 33.0 Å². The summed E-state index contributed by atoms with van der Waals surface area (Å²) in [5.74, 6) is 0. The molecule has 0 aliphatic heterocycles. The van der Waals surface area contributed by atoms with E-state index < -0.39 is 32.3 Å². The molecular weight excluding hydrogens is 552 g/mol. The molecule has 0 aromatic heterocycles. The van der Waals surface area contributed by atoms with Crippen molar-refractivity contribution < 1.29 is 34.5 Å². The van der Waals surface area contributed by atoms with Crippen LogP contribution in [0.3, 0.4) is 0 Å². The van der Waals surface area contributed by atoms with Crippen molar-refractivity contribution in [3.63, 3.8) is 0 Å². The van der Waals surface area contributed by atoms with Crippen molar-refractivity contribution in [3.05, 3.63) is 36.5 Å². The Kier molecular flexibility index (Phi) is 7.17. The van der Waals surface area contributed by atoms with E-state index in [4.69, 9.17) is 0 Å². The molecule has 0 saturated carbocycles. The second-order valence-corrected chi connectivity index (χ2v) is 34.6. The van der Waals surface area contributed by atoms with Crippen LogP contribution in [0, 0.1) is 33.0 Å². The summed E-state index contributed by atoms with van der Waals surface area (Å²) >= 11 is 0.790. The fourth-order valence-corrected chi connectivity index (χ4v) is 22.0. The molecule has 27 heavy (non-hydrogen) atoms. The smallest absolute Gasteiger partial charge is 1.00 e. The average molecular weight is 595 g/mol. The van der Waals surface area contributed by atoms with E-state index in [0.29, 0.717) is 0 Å². The number of allylic oxidation sites excluding steroid dienone is 8. The minimum atomic E-state index is -1.32. The van der Waals surface area contributed by atoms with Gasteiger partial charge in [0, 0.05) is 0 Å². The summed E-state index contributed by atoms with van der Waals surface area (Å²) in [5.41, 5.74) is 0. The molecule has 0 amide bonds.